The molecule has 11 heteroatoms. The number of hydrogen-bond acceptors (Lipinski definition) is 3. The van der Waals surface area contributed by atoms with Gasteiger partial charge in [-0.15, -0.1) is 0 Å². The highest BCUT2D eigenvalue weighted by Gasteiger charge is 2.34. The van der Waals surface area contributed by atoms with Crippen LogP contribution in [0.5, 0.6) is 0 Å². The van der Waals surface area contributed by atoms with Crippen LogP contribution in [0, 0.1) is 5.41 Å². The number of nitrogens with zero attached hydrogens (tertiary/aromatic N) is 2. The highest BCUT2D eigenvalue weighted by atomic mass is 35.5. The summed E-state index contributed by atoms with van der Waals surface area (Å²) >= 11 is 6.49. The van der Waals surface area contributed by atoms with Crippen molar-refractivity contribution in [1.29, 1.82) is 0 Å². The number of rotatable bonds is 5. The van der Waals surface area contributed by atoms with Gasteiger partial charge in [-0.1, -0.05) is 37.6 Å². The normalized spacial score (nSPS) is 14.3. The van der Waals surface area contributed by atoms with E-state index in [0.29, 0.717) is 5.69 Å². The second-order valence-corrected chi connectivity index (χ2v) is 8.84. The molecule has 4 N–H and O–H groups in total. The first-order valence-electron chi connectivity index (χ1n) is 9.87. The second kappa shape index (κ2) is 8.67. The van der Waals surface area contributed by atoms with E-state index in [1.807, 2.05) is 0 Å². The highest BCUT2D eigenvalue weighted by Crippen LogP contribution is 2.40. The van der Waals surface area contributed by atoms with Gasteiger partial charge in [0, 0.05) is 37.2 Å². The summed E-state index contributed by atoms with van der Waals surface area (Å²) in [4.78, 5) is 26.4. The average molecular weight is 473 g/mol. The van der Waals surface area contributed by atoms with E-state index < -0.39 is 29.1 Å². The van der Waals surface area contributed by atoms with Crippen LogP contribution in [0.25, 0.3) is 11.1 Å². The lowest BCUT2D eigenvalue weighted by atomic mass is 9.95. The molecule has 0 spiro atoms. The summed E-state index contributed by atoms with van der Waals surface area (Å²) < 4.78 is 41.2. The largest absolute Gasteiger partial charge is 0.416 e. The Bertz CT molecular complexity index is 1050. The molecule has 2 heterocycles. The first kappa shape index (κ1) is 23.9. The SMILES string of the molecule is CC(C)(CO)CNC(=O)N1CCn2c(Cl)c(-c3cccc(C(F)(F)F)c3)c(C(N)=O)c2C1. The lowest BCUT2D eigenvalue weighted by Gasteiger charge is -2.31. The molecule has 0 bridgehead atoms. The molecule has 1 aromatic heterocycles. The molecule has 3 rings (SSSR count). The van der Waals surface area contributed by atoms with Crippen molar-refractivity contribution in [3.63, 3.8) is 0 Å². The van der Waals surface area contributed by atoms with Crippen LogP contribution in [0.4, 0.5) is 18.0 Å². The molecule has 1 aromatic carbocycles. The smallest absolute Gasteiger partial charge is 0.396 e. The van der Waals surface area contributed by atoms with Gasteiger partial charge in [0.25, 0.3) is 5.91 Å². The molecular weight excluding hydrogens is 449 g/mol. The number of carbonyl (C=O) groups is 2. The third-order valence-electron chi connectivity index (χ3n) is 5.40. The van der Waals surface area contributed by atoms with Gasteiger partial charge in [0.05, 0.1) is 23.4 Å². The van der Waals surface area contributed by atoms with Gasteiger partial charge in [0.1, 0.15) is 5.15 Å². The van der Waals surface area contributed by atoms with Gasteiger partial charge in [-0.3, -0.25) is 4.79 Å². The number of nitrogens with one attached hydrogen (secondary N) is 1. The number of halogens is 4. The van der Waals surface area contributed by atoms with E-state index in [9.17, 15) is 27.9 Å². The Morgan fingerprint density at radius 1 is 1.25 bits per heavy atom. The summed E-state index contributed by atoms with van der Waals surface area (Å²) in [6.45, 7) is 4.22. The van der Waals surface area contributed by atoms with Gasteiger partial charge >= 0.3 is 12.2 Å². The van der Waals surface area contributed by atoms with E-state index in [4.69, 9.17) is 17.3 Å². The van der Waals surface area contributed by atoms with Gasteiger partial charge in [-0.05, 0) is 17.7 Å². The number of carbonyl (C=O) groups excluding carboxylic acids is 2. The summed E-state index contributed by atoms with van der Waals surface area (Å²) in [5, 5.41) is 12.2. The molecular formula is C21H24ClF3N4O3. The third-order valence-corrected chi connectivity index (χ3v) is 5.79. The van der Waals surface area contributed by atoms with Gasteiger partial charge in [0.15, 0.2) is 0 Å². The van der Waals surface area contributed by atoms with Crippen LogP contribution in [0.15, 0.2) is 24.3 Å². The lowest BCUT2D eigenvalue weighted by molar-refractivity contribution is -0.137. The zero-order valence-electron chi connectivity index (χ0n) is 17.6. The van der Waals surface area contributed by atoms with Gasteiger partial charge in [-0.2, -0.15) is 13.2 Å². The van der Waals surface area contributed by atoms with Crippen molar-refractivity contribution in [1.82, 2.24) is 14.8 Å². The number of nitrogens with two attached hydrogens (primary N) is 1. The summed E-state index contributed by atoms with van der Waals surface area (Å²) in [6, 6.07) is 4.11. The molecule has 1 aliphatic rings. The first-order valence-corrected chi connectivity index (χ1v) is 10.3. The number of aliphatic hydroxyl groups is 1. The Kier molecular flexibility index (Phi) is 6.48. The van der Waals surface area contributed by atoms with E-state index in [1.165, 1.54) is 17.0 Å². The highest BCUT2D eigenvalue weighted by molar-refractivity contribution is 6.33. The third kappa shape index (κ3) is 4.71. The zero-order chi connectivity index (χ0) is 23.8. The number of primary amides is 1. The van der Waals surface area contributed by atoms with Crippen molar-refractivity contribution >= 4 is 23.5 Å². The molecule has 1 aliphatic heterocycles. The molecule has 7 nitrogen and oxygen atoms in total. The molecule has 0 radical (unpaired) electrons. The van der Waals surface area contributed by atoms with Crippen molar-refractivity contribution in [3.05, 3.63) is 46.2 Å². The van der Waals surface area contributed by atoms with E-state index in [0.717, 1.165) is 12.1 Å². The van der Waals surface area contributed by atoms with E-state index in [2.05, 4.69) is 5.32 Å². The molecule has 0 saturated heterocycles. The van der Waals surface area contributed by atoms with Crippen molar-refractivity contribution in [2.75, 3.05) is 19.7 Å². The Labute approximate surface area is 187 Å². The van der Waals surface area contributed by atoms with Gasteiger partial charge in [-0.25, -0.2) is 4.79 Å². The molecule has 0 atom stereocenters. The number of urea groups is 1. The number of amides is 3. The molecule has 0 aliphatic carbocycles. The minimum absolute atomic E-state index is 0.00232. The number of benzene rings is 1. The van der Waals surface area contributed by atoms with E-state index in [1.54, 1.807) is 18.4 Å². The molecule has 0 fully saturated rings. The minimum atomic E-state index is -4.56. The summed E-state index contributed by atoms with van der Waals surface area (Å²) in [5.74, 6) is -0.850. The lowest BCUT2D eigenvalue weighted by Crippen LogP contribution is -2.47. The second-order valence-electron chi connectivity index (χ2n) is 8.48. The van der Waals surface area contributed by atoms with Crippen LogP contribution in [-0.2, 0) is 19.3 Å². The van der Waals surface area contributed by atoms with Crippen molar-refractivity contribution in [3.8, 4) is 11.1 Å². The fraction of sp³-hybridized carbons (Fsp3) is 0.429. The summed E-state index contributed by atoms with van der Waals surface area (Å²) in [6.07, 6.45) is -4.56. The fourth-order valence-electron chi connectivity index (χ4n) is 3.55. The molecule has 0 unspecified atom stereocenters. The van der Waals surface area contributed by atoms with Crippen LogP contribution < -0.4 is 11.1 Å². The van der Waals surface area contributed by atoms with Crippen molar-refractivity contribution < 1.29 is 27.9 Å². The molecule has 3 amide bonds. The van der Waals surface area contributed by atoms with Crippen molar-refractivity contribution in [2.24, 2.45) is 11.1 Å². The topological polar surface area (TPSA) is 101 Å². The Balaban J connectivity index is 1.98. The molecule has 174 valence electrons. The van der Waals surface area contributed by atoms with Crippen LogP contribution >= 0.6 is 11.6 Å². The predicted molar refractivity (Wildman–Crippen MR) is 113 cm³/mol. The number of aromatic nitrogens is 1. The Morgan fingerprint density at radius 3 is 2.53 bits per heavy atom. The quantitative estimate of drug-likeness (QED) is 0.621. The summed E-state index contributed by atoms with van der Waals surface area (Å²) in [7, 11) is 0. The van der Waals surface area contributed by atoms with Gasteiger partial charge < -0.3 is 25.6 Å². The number of fused-ring (bicyclic) bond motifs is 1. The average Bonchev–Trinajstić information content (AvgIpc) is 3.03. The van der Waals surface area contributed by atoms with E-state index >= 15 is 0 Å². The monoisotopic (exact) mass is 472 g/mol. The number of alkyl halides is 3. The van der Waals surface area contributed by atoms with Crippen LogP contribution in [0.3, 0.4) is 0 Å². The van der Waals surface area contributed by atoms with E-state index in [-0.39, 0.29) is 54.6 Å². The van der Waals surface area contributed by atoms with Crippen LogP contribution in [0.1, 0.15) is 35.5 Å². The van der Waals surface area contributed by atoms with Crippen LogP contribution in [-0.4, -0.2) is 46.2 Å². The predicted octanol–water partition coefficient (Wildman–Crippen LogP) is 3.47. The number of aliphatic hydroxyl groups excluding tert-OH is 1. The molecule has 32 heavy (non-hydrogen) atoms. The molecule has 0 saturated carbocycles. The molecule has 2 aromatic rings. The van der Waals surface area contributed by atoms with Crippen molar-refractivity contribution in [2.45, 2.75) is 33.1 Å². The minimum Gasteiger partial charge on any atom is -0.396 e. The fourth-order valence-corrected chi connectivity index (χ4v) is 3.94. The Hall–Kier alpha value is -2.72. The number of hydrogen-bond donors (Lipinski definition) is 3. The standard InChI is InChI=1S/C21H24ClF3N4O3/c1-20(2,11-30)10-27-19(32)28-6-7-29-14(9-28)16(18(26)31)15(17(29)22)12-4-3-5-13(8-12)21(23,24)25/h3-5,8,30H,6-7,9-11H2,1-2H3,(H2,26,31)(H,27,32). The summed E-state index contributed by atoms with van der Waals surface area (Å²) in [5.41, 5.74) is 4.78. The maximum atomic E-state index is 13.2. The maximum absolute atomic E-state index is 13.2. The van der Waals surface area contributed by atoms with Gasteiger partial charge in [0.2, 0.25) is 0 Å². The van der Waals surface area contributed by atoms with Crippen LogP contribution in [0.2, 0.25) is 5.15 Å². The maximum Gasteiger partial charge on any atom is 0.416 e. The zero-order valence-corrected chi connectivity index (χ0v) is 18.3. The first-order chi connectivity index (χ1) is 14.9. The Morgan fingerprint density at radius 2 is 1.94 bits per heavy atom.